The third kappa shape index (κ3) is 3.36. The summed E-state index contributed by atoms with van der Waals surface area (Å²) in [5.41, 5.74) is 0.543. The summed E-state index contributed by atoms with van der Waals surface area (Å²) in [5.74, 6) is 0.221. The summed E-state index contributed by atoms with van der Waals surface area (Å²) in [6, 6.07) is 4.16. The maximum Gasteiger partial charge on any atom is 0.321 e. The molecule has 2 rings (SSSR count). The molecule has 0 radical (unpaired) electrons. The van der Waals surface area contributed by atoms with Crippen LogP contribution in [0.5, 0.6) is 5.75 Å². The van der Waals surface area contributed by atoms with Crippen LogP contribution in [-0.4, -0.2) is 31.1 Å². The smallest absolute Gasteiger partial charge is 0.321 e. The molecular weight excluding hydrogens is 247 g/mol. The quantitative estimate of drug-likeness (QED) is 0.893. The first-order valence-corrected chi connectivity index (χ1v) is 6.49. The minimum absolute atomic E-state index is 0.129. The second-order valence-electron chi connectivity index (χ2n) is 4.97. The van der Waals surface area contributed by atoms with Crippen molar-refractivity contribution in [3.63, 3.8) is 0 Å². The molecule has 0 bridgehead atoms. The van der Waals surface area contributed by atoms with E-state index >= 15 is 0 Å². The monoisotopic (exact) mass is 266 g/mol. The summed E-state index contributed by atoms with van der Waals surface area (Å²) in [6.45, 7) is 3.68. The average Bonchev–Trinajstić information content (AvgIpc) is 2.41. The van der Waals surface area contributed by atoms with Gasteiger partial charge in [-0.05, 0) is 30.9 Å². The number of piperidine rings is 1. The fourth-order valence-electron chi connectivity index (χ4n) is 2.31. The zero-order valence-corrected chi connectivity index (χ0v) is 11.3. The Kier molecular flexibility index (Phi) is 4.24. The van der Waals surface area contributed by atoms with Crippen molar-refractivity contribution in [1.29, 1.82) is 0 Å². The van der Waals surface area contributed by atoms with Gasteiger partial charge < -0.3 is 15.0 Å². The highest BCUT2D eigenvalue weighted by molar-refractivity contribution is 5.89. The fourth-order valence-corrected chi connectivity index (χ4v) is 2.31. The van der Waals surface area contributed by atoms with Crippen molar-refractivity contribution >= 4 is 11.7 Å². The molecule has 19 heavy (non-hydrogen) atoms. The first kappa shape index (κ1) is 13.6. The molecular formula is C14H19FN2O2. The van der Waals surface area contributed by atoms with Crippen molar-refractivity contribution in [3.05, 3.63) is 24.0 Å². The number of amides is 2. The zero-order chi connectivity index (χ0) is 13.8. The molecule has 4 nitrogen and oxygen atoms in total. The first-order chi connectivity index (χ1) is 9.10. The number of hydrogen-bond acceptors (Lipinski definition) is 2. The number of carbonyl (C=O) groups is 1. The van der Waals surface area contributed by atoms with Crippen LogP contribution >= 0.6 is 0 Å². The summed E-state index contributed by atoms with van der Waals surface area (Å²) >= 11 is 0. The molecule has 1 unspecified atom stereocenters. The molecule has 0 aromatic heterocycles. The van der Waals surface area contributed by atoms with Gasteiger partial charge in [-0.2, -0.15) is 0 Å². The lowest BCUT2D eigenvalue weighted by Gasteiger charge is -2.30. The molecule has 1 fully saturated rings. The van der Waals surface area contributed by atoms with Gasteiger partial charge in [0.2, 0.25) is 0 Å². The van der Waals surface area contributed by atoms with Crippen LogP contribution in [0.4, 0.5) is 14.9 Å². The summed E-state index contributed by atoms with van der Waals surface area (Å²) < 4.78 is 18.2. The van der Waals surface area contributed by atoms with Crippen molar-refractivity contribution in [2.24, 2.45) is 5.92 Å². The minimum Gasteiger partial charge on any atom is -0.494 e. The number of nitrogens with zero attached hydrogens (tertiary/aromatic N) is 1. The number of benzene rings is 1. The van der Waals surface area contributed by atoms with Crippen molar-refractivity contribution < 1.29 is 13.9 Å². The standard InChI is InChI=1S/C14H19FN2O2/c1-10-4-3-7-17(9-10)14(18)16-11-5-6-12(15)13(8-11)19-2/h5-6,8,10H,3-4,7,9H2,1-2H3,(H,16,18). The lowest BCUT2D eigenvalue weighted by atomic mass is 10.0. The largest absolute Gasteiger partial charge is 0.494 e. The normalized spacial score (nSPS) is 19.1. The minimum atomic E-state index is -0.438. The van der Waals surface area contributed by atoms with Gasteiger partial charge in [0.15, 0.2) is 11.6 Å². The number of anilines is 1. The van der Waals surface area contributed by atoms with Crippen molar-refractivity contribution in [3.8, 4) is 5.75 Å². The van der Waals surface area contributed by atoms with E-state index < -0.39 is 5.82 Å². The maximum absolute atomic E-state index is 13.3. The summed E-state index contributed by atoms with van der Waals surface area (Å²) in [7, 11) is 1.40. The lowest BCUT2D eigenvalue weighted by Crippen LogP contribution is -2.41. The predicted octanol–water partition coefficient (Wildman–Crippen LogP) is 3.10. The molecule has 1 atom stereocenters. The van der Waals surface area contributed by atoms with Gasteiger partial charge in [0.05, 0.1) is 7.11 Å². The summed E-state index contributed by atoms with van der Waals surface area (Å²) in [6.07, 6.45) is 2.19. The van der Waals surface area contributed by atoms with Crippen LogP contribution in [0.2, 0.25) is 0 Å². The van der Waals surface area contributed by atoms with Crippen molar-refractivity contribution in [2.75, 3.05) is 25.5 Å². The van der Waals surface area contributed by atoms with E-state index in [0.29, 0.717) is 11.6 Å². The summed E-state index contributed by atoms with van der Waals surface area (Å²) in [4.78, 5) is 13.9. The number of halogens is 1. The number of ether oxygens (including phenoxy) is 1. The van der Waals surface area contributed by atoms with E-state index in [4.69, 9.17) is 4.74 Å². The third-order valence-electron chi connectivity index (χ3n) is 3.35. The molecule has 1 saturated heterocycles. The number of carbonyl (C=O) groups excluding carboxylic acids is 1. The van der Waals surface area contributed by atoms with Crippen molar-refractivity contribution in [1.82, 2.24) is 4.90 Å². The van der Waals surface area contributed by atoms with Crippen LogP contribution in [0.15, 0.2) is 18.2 Å². The number of nitrogens with one attached hydrogen (secondary N) is 1. The van der Waals surface area contributed by atoms with Gasteiger partial charge in [-0.1, -0.05) is 6.92 Å². The van der Waals surface area contributed by atoms with Gasteiger partial charge in [0, 0.05) is 24.8 Å². The number of hydrogen-bond donors (Lipinski definition) is 1. The van der Waals surface area contributed by atoms with Crippen LogP contribution < -0.4 is 10.1 Å². The van der Waals surface area contributed by atoms with E-state index in [-0.39, 0.29) is 11.8 Å². The second kappa shape index (κ2) is 5.91. The van der Waals surface area contributed by atoms with Crippen LogP contribution in [0.1, 0.15) is 19.8 Å². The Morgan fingerprint density at radius 1 is 1.53 bits per heavy atom. The Labute approximate surface area is 112 Å². The Morgan fingerprint density at radius 2 is 2.32 bits per heavy atom. The number of likely N-dealkylation sites (tertiary alicyclic amines) is 1. The fraction of sp³-hybridized carbons (Fsp3) is 0.500. The molecule has 1 aliphatic rings. The van der Waals surface area contributed by atoms with Gasteiger partial charge in [-0.25, -0.2) is 9.18 Å². The summed E-state index contributed by atoms with van der Waals surface area (Å²) in [5, 5.41) is 2.77. The zero-order valence-electron chi connectivity index (χ0n) is 11.3. The molecule has 5 heteroatoms. The Hall–Kier alpha value is -1.78. The van der Waals surface area contributed by atoms with Crippen LogP contribution in [-0.2, 0) is 0 Å². The van der Waals surface area contributed by atoms with E-state index in [2.05, 4.69) is 12.2 Å². The molecule has 0 spiro atoms. The Morgan fingerprint density at radius 3 is 3.00 bits per heavy atom. The van der Waals surface area contributed by atoms with E-state index in [1.165, 1.54) is 25.3 Å². The molecule has 1 heterocycles. The van der Waals surface area contributed by atoms with Gasteiger partial charge >= 0.3 is 6.03 Å². The van der Waals surface area contributed by atoms with Crippen LogP contribution in [0.25, 0.3) is 0 Å². The van der Waals surface area contributed by atoms with E-state index in [1.807, 2.05) is 0 Å². The van der Waals surface area contributed by atoms with Crippen molar-refractivity contribution in [2.45, 2.75) is 19.8 Å². The molecule has 0 saturated carbocycles. The van der Waals surface area contributed by atoms with E-state index in [9.17, 15) is 9.18 Å². The van der Waals surface area contributed by atoms with Gasteiger partial charge in [-0.15, -0.1) is 0 Å². The number of rotatable bonds is 2. The van der Waals surface area contributed by atoms with E-state index in [1.54, 1.807) is 4.90 Å². The average molecular weight is 266 g/mol. The second-order valence-corrected chi connectivity index (χ2v) is 4.97. The highest BCUT2D eigenvalue weighted by atomic mass is 19.1. The van der Waals surface area contributed by atoms with Gasteiger partial charge in [0.1, 0.15) is 0 Å². The molecule has 1 aromatic rings. The highest BCUT2D eigenvalue weighted by Crippen LogP contribution is 2.22. The number of urea groups is 1. The van der Waals surface area contributed by atoms with E-state index in [0.717, 1.165) is 25.9 Å². The van der Waals surface area contributed by atoms with Crippen LogP contribution in [0, 0.1) is 11.7 Å². The Balaban J connectivity index is 2.02. The first-order valence-electron chi connectivity index (χ1n) is 6.49. The Bertz CT molecular complexity index is 465. The number of methoxy groups -OCH3 is 1. The van der Waals surface area contributed by atoms with Gasteiger partial charge in [0.25, 0.3) is 0 Å². The highest BCUT2D eigenvalue weighted by Gasteiger charge is 2.21. The molecule has 104 valence electrons. The molecule has 1 aromatic carbocycles. The maximum atomic E-state index is 13.3. The molecule has 0 aliphatic carbocycles. The van der Waals surface area contributed by atoms with Gasteiger partial charge in [-0.3, -0.25) is 0 Å². The molecule has 1 aliphatic heterocycles. The van der Waals surface area contributed by atoms with Crippen LogP contribution in [0.3, 0.4) is 0 Å². The predicted molar refractivity (Wildman–Crippen MR) is 71.9 cm³/mol. The topological polar surface area (TPSA) is 41.6 Å². The SMILES string of the molecule is COc1cc(NC(=O)N2CCCC(C)C2)ccc1F. The molecule has 1 N–H and O–H groups in total. The molecule has 2 amide bonds. The third-order valence-corrected chi connectivity index (χ3v) is 3.35. The lowest BCUT2D eigenvalue weighted by molar-refractivity contribution is 0.182.